The van der Waals surface area contributed by atoms with Gasteiger partial charge >= 0.3 is 0 Å². The summed E-state index contributed by atoms with van der Waals surface area (Å²) in [7, 11) is 0. The van der Waals surface area contributed by atoms with Crippen molar-refractivity contribution in [1.29, 1.82) is 0 Å². The van der Waals surface area contributed by atoms with Gasteiger partial charge in [0.1, 0.15) is 5.69 Å². The van der Waals surface area contributed by atoms with E-state index >= 15 is 0 Å². The Hall–Kier alpha value is -1.39. The topological polar surface area (TPSA) is 42.0 Å². The second-order valence-corrected chi connectivity index (χ2v) is 4.49. The highest BCUT2D eigenvalue weighted by Gasteiger charge is 2.15. The number of carbonyl (C=O) groups excluding carboxylic acids is 1. The molecule has 1 N–H and O–H groups in total. The van der Waals surface area contributed by atoms with Crippen LogP contribution in [0.3, 0.4) is 0 Å². The molecule has 0 fully saturated rings. The van der Waals surface area contributed by atoms with Crippen molar-refractivity contribution in [2.24, 2.45) is 0 Å². The van der Waals surface area contributed by atoms with E-state index in [4.69, 9.17) is 11.6 Å². The molecule has 0 radical (unpaired) electrons. The lowest BCUT2D eigenvalue weighted by Gasteiger charge is -2.15. The van der Waals surface area contributed by atoms with Gasteiger partial charge in [-0.2, -0.15) is 0 Å². The molecule has 88 valence electrons. The van der Waals surface area contributed by atoms with Gasteiger partial charge in [-0.05, 0) is 5.56 Å². The molecule has 2 rings (SSSR count). The van der Waals surface area contributed by atoms with Gasteiger partial charge in [-0.25, -0.2) is 4.98 Å². The number of hydrogen-bond donors (Lipinski definition) is 1. The Morgan fingerprint density at radius 1 is 1.41 bits per heavy atom. The Labute approximate surface area is 108 Å². The van der Waals surface area contributed by atoms with Crippen molar-refractivity contribution in [2.45, 2.75) is 6.04 Å². The molecule has 5 heteroatoms. The van der Waals surface area contributed by atoms with Crippen LogP contribution in [0.2, 0.25) is 0 Å². The first-order chi connectivity index (χ1) is 8.31. The Morgan fingerprint density at radius 3 is 2.76 bits per heavy atom. The third-order valence-electron chi connectivity index (χ3n) is 2.33. The monoisotopic (exact) mass is 266 g/mol. The number of rotatable bonds is 4. The molecule has 0 saturated heterocycles. The lowest BCUT2D eigenvalue weighted by molar-refractivity contribution is 0.0936. The van der Waals surface area contributed by atoms with Gasteiger partial charge in [-0.1, -0.05) is 30.3 Å². The molecule has 1 aromatic heterocycles. The molecule has 0 aliphatic rings. The van der Waals surface area contributed by atoms with Gasteiger partial charge in [-0.3, -0.25) is 4.79 Å². The average molecular weight is 267 g/mol. The first-order valence-corrected chi connectivity index (χ1v) is 6.59. The number of alkyl halides is 1. The van der Waals surface area contributed by atoms with Crippen molar-refractivity contribution in [3.05, 3.63) is 52.5 Å². The van der Waals surface area contributed by atoms with E-state index in [9.17, 15) is 4.79 Å². The molecular weight excluding hydrogens is 256 g/mol. The van der Waals surface area contributed by atoms with Crippen LogP contribution in [0.1, 0.15) is 22.1 Å². The maximum absolute atomic E-state index is 11.8. The fraction of sp³-hybridized carbons (Fsp3) is 0.167. The highest BCUT2D eigenvalue weighted by atomic mass is 35.5. The summed E-state index contributed by atoms with van der Waals surface area (Å²) in [5.41, 5.74) is 3.06. The van der Waals surface area contributed by atoms with E-state index in [-0.39, 0.29) is 11.9 Å². The van der Waals surface area contributed by atoms with Gasteiger partial charge in [-0.15, -0.1) is 22.9 Å². The summed E-state index contributed by atoms with van der Waals surface area (Å²) in [5.74, 6) is 0.139. The summed E-state index contributed by atoms with van der Waals surface area (Å²) in [6.07, 6.45) is 0. The number of nitrogens with one attached hydrogen (secondary N) is 1. The highest BCUT2D eigenvalue weighted by molar-refractivity contribution is 7.07. The molecule has 0 aliphatic heterocycles. The number of aromatic nitrogens is 1. The zero-order valence-corrected chi connectivity index (χ0v) is 10.5. The number of carbonyl (C=O) groups is 1. The molecule has 0 spiro atoms. The maximum Gasteiger partial charge on any atom is 0.271 e. The minimum atomic E-state index is -0.194. The van der Waals surface area contributed by atoms with Gasteiger partial charge in [0, 0.05) is 11.3 Å². The quantitative estimate of drug-likeness (QED) is 0.865. The predicted octanol–water partition coefficient (Wildman–Crippen LogP) is 2.85. The molecular formula is C12H11ClN2OS. The van der Waals surface area contributed by atoms with Crippen LogP contribution in [0.25, 0.3) is 0 Å². The van der Waals surface area contributed by atoms with Crippen LogP contribution in [0.5, 0.6) is 0 Å². The summed E-state index contributed by atoms with van der Waals surface area (Å²) < 4.78 is 0. The molecule has 1 heterocycles. The molecule has 1 aromatic carbocycles. The minimum absolute atomic E-state index is 0.188. The fourth-order valence-corrected chi connectivity index (χ4v) is 2.24. The third kappa shape index (κ3) is 3.05. The number of benzene rings is 1. The van der Waals surface area contributed by atoms with Crippen molar-refractivity contribution in [1.82, 2.24) is 10.3 Å². The Kier molecular flexibility index (Phi) is 4.12. The predicted molar refractivity (Wildman–Crippen MR) is 69.5 cm³/mol. The zero-order valence-electron chi connectivity index (χ0n) is 8.97. The van der Waals surface area contributed by atoms with Crippen LogP contribution < -0.4 is 5.32 Å². The van der Waals surface area contributed by atoms with Crippen LogP contribution in [-0.2, 0) is 0 Å². The highest BCUT2D eigenvalue weighted by Crippen LogP contribution is 2.15. The zero-order chi connectivity index (χ0) is 12.1. The second kappa shape index (κ2) is 5.80. The SMILES string of the molecule is O=C(NC(CCl)c1ccccc1)c1cscn1. The molecule has 1 unspecified atom stereocenters. The van der Waals surface area contributed by atoms with Crippen molar-refractivity contribution >= 4 is 28.8 Å². The summed E-state index contributed by atoms with van der Waals surface area (Å²) in [4.78, 5) is 15.8. The van der Waals surface area contributed by atoms with Crippen molar-refractivity contribution in [3.8, 4) is 0 Å². The molecule has 0 aliphatic carbocycles. The molecule has 17 heavy (non-hydrogen) atoms. The molecule has 0 bridgehead atoms. The Morgan fingerprint density at radius 2 is 2.18 bits per heavy atom. The molecule has 2 aromatic rings. The first kappa shape index (κ1) is 12.1. The number of halogens is 1. The molecule has 0 saturated carbocycles. The van der Waals surface area contributed by atoms with E-state index in [1.807, 2.05) is 30.3 Å². The Balaban J connectivity index is 2.09. The lowest BCUT2D eigenvalue weighted by atomic mass is 10.1. The smallest absolute Gasteiger partial charge is 0.271 e. The van der Waals surface area contributed by atoms with Crippen molar-refractivity contribution in [2.75, 3.05) is 5.88 Å². The van der Waals surface area contributed by atoms with E-state index in [0.29, 0.717) is 11.6 Å². The number of thiazole rings is 1. The molecule has 1 atom stereocenters. The number of amides is 1. The van der Waals surface area contributed by atoms with Gasteiger partial charge in [0.2, 0.25) is 0 Å². The van der Waals surface area contributed by atoms with Crippen LogP contribution in [0.4, 0.5) is 0 Å². The molecule has 1 amide bonds. The van der Waals surface area contributed by atoms with Gasteiger partial charge in [0.25, 0.3) is 5.91 Å². The normalized spacial score (nSPS) is 12.1. The largest absolute Gasteiger partial charge is 0.343 e. The minimum Gasteiger partial charge on any atom is -0.343 e. The number of nitrogens with zero attached hydrogens (tertiary/aromatic N) is 1. The van der Waals surface area contributed by atoms with Gasteiger partial charge < -0.3 is 5.32 Å². The standard InChI is InChI=1S/C12H11ClN2OS/c13-6-10(9-4-2-1-3-5-9)15-12(16)11-7-17-8-14-11/h1-5,7-8,10H,6H2,(H,15,16). The molecule has 3 nitrogen and oxygen atoms in total. The van der Waals surface area contributed by atoms with Gasteiger partial charge in [0.15, 0.2) is 0 Å². The van der Waals surface area contributed by atoms with E-state index in [0.717, 1.165) is 5.56 Å². The third-order valence-corrected chi connectivity index (χ3v) is 3.22. The van der Waals surface area contributed by atoms with Crippen LogP contribution in [0.15, 0.2) is 41.2 Å². The fourth-order valence-electron chi connectivity index (χ4n) is 1.45. The van der Waals surface area contributed by atoms with Crippen LogP contribution >= 0.6 is 22.9 Å². The van der Waals surface area contributed by atoms with E-state index in [1.165, 1.54) is 11.3 Å². The number of hydrogen-bond acceptors (Lipinski definition) is 3. The van der Waals surface area contributed by atoms with Gasteiger partial charge in [0.05, 0.1) is 11.6 Å². The van der Waals surface area contributed by atoms with Crippen LogP contribution in [-0.4, -0.2) is 16.8 Å². The summed E-state index contributed by atoms with van der Waals surface area (Å²) in [6, 6.07) is 9.46. The second-order valence-electron chi connectivity index (χ2n) is 3.46. The van der Waals surface area contributed by atoms with E-state index in [2.05, 4.69) is 10.3 Å². The summed E-state index contributed by atoms with van der Waals surface area (Å²) in [6.45, 7) is 0. The average Bonchev–Trinajstić information content (AvgIpc) is 2.90. The summed E-state index contributed by atoms with van der Waals surface area (Å²) >= 11 is 7.27. The maximum atomic E-state index is 11.8. The summed E-state index contributed by atoms with van der Waals surface area (Å²) in [5, 5.41) is 4.57. The Bertz CT molecular complexity index is 473. The van der Waals surface area contributed by atoms with E-state index in [1.54, 1.807) is 10.9 Å². The van der Waals surface area contributed by atoms with Crippen molar-refractivity contribution < 1.29 is 4.79 Å². The lowest BCUT2D eigenvalue weighted by Crippen LogP contribution is -2.29. The van der Waals surface area contributed by atoms with Crippen LogP contribution in [0, 0.1) is 0 Å². The van der Waals surface area contributed by atoms with Crippen molar-refractivity contribution in [3.63, 3.8) is 0 Å². The van der Waals surface area contributed by atoms with E-state index < -0.39 is 0 Å². The first-order valence-electron chi connectivity index (χ1n) is 5.11.